The third-order valence-corrected chi connectivity index (χ3v) is 2.70. The third kappa shape index (κ3) is 2.36. The number of aromatic nitrogens is 1. The summed E-state index contributed by atoms with van der Waals surface area (Å²) in [6.07, 6.45) is 5.24. The van der Waals surface area contributed by atoms with Crippen LogP contribution >= 0.6 is 0 Å². The summed E-state index contributed by atoms with van der Waals surface area (Å²) < 4.78 is 0. The van der Waals surface area contributed by atoms with Gasteiger partial charge in [-0.1, -0.05) is 11.6 Å². The van der Waals surface area contributed by atoms with Gasteiger partial charge in [0.05, 0.1) is 0 Å². The van der Waals surface area contributed by atoms with Gasteiger partial charge in [0.25, 0.3) is 0 Å². The van der Waals surface area contributed by atoms with Gasteiger partial charge in [0.2, 0.25) is 0 Å². The fourth-order valence-corrected chi connectivity index (χ4v) is 1.87. The lowest BCUT2D eigenvalue weighted by Crippen LogP contribution is -2.29. The van der Waals surface area contributed by atoms with Gasteiger partial charge in [0.15, 0.2) is 0 Å². The van der Waals surface area contributed by atoms with Gasteiger partial charge in [-0.2, -0.15) is 0 Å². The Hall–Kier alpha value is -1.35. The molecule has 0 radical (unpaired) electrons. The molecule has 3 heteroatoms. The average Bonchev–Trinajstić information content (AvgIpc) is 2.29. The number of pyridine rings is 1. The quantitative estimate of drug-likeness (QED) is 0.744. The summed E-state index contributed by atoms with van der Waals surface area (Å²) in [6, 6.07) is 4.05. The number of hydrogen-bond donors (Lipinski definition) is 1. The normalized spacial score (nSPS) is 16.4. The summed E-state index contributed by atoms with van der Waals surface area (Å²) in [5.41, 5.74) is 8.18. The van der Waals surface area contributed by atoms with E-state index in [1.807, 2.05) is 12.3 Å². The maximum atomic E-state index is 5.62. The van der Waals surface area contributed by atoms with Crippen molar-refractivity contribution in [2.75, 3.05) is 18.0 Å². The first-order valence-corrected chi connectivity index (χ1v) is 5.35. The Morgan fingerprint density at radius 1 is 1.53 bits per heavy atom. The molecule has 0 saturated heterocycles. The molecule has 80 valence electrons. The van der Waals surface area contributed by atoms with E-state index in [0.29, 0.717) is 6.54 Å². The lowest BCUT2D eigenvalue weighted by Gasteiger charge is -2.27. The van der Waals surface area contributed by atoms with Gasteiger partial charge >= 0.3 is 0 Å². The van der Waals surface area contributed by atoms with Crippen molar-refractivity contribution in [2.24, 2.45) is 5.73 Å². The Morgan fingerprint density at radius 2 is 2.40 bits per heavy atom. The van der Waals surface area contributed by atoms with Crippen LogP contribution in [0.15, 0.2) is 30.0 Å². The van der Waals surface area contributed by atoms with Crippen LogP contribution in [0.25, 0.3) is 0 Å². The highest BCUT2D eigenvalue weighted by Gasteiger charge is 2.11. The van der Waals surface area contributed by atoms with E-state index >= 15 is 0 Å². The van der Waals surface area contributed by atoms with Crippen LogP contribution in [-0.4, -0.2) is 18.1 Å². The van der Waals surface area contributed by atoms with Gasteiger partial charge in [0, 0.05) is 25.8 Å². The zero-order valence-electron chi connectivity index (χ0n) is 9.11. The third-order valence-electron chi connectivity index (χ3n) is 2.70. The Kier molecular flexibility index (Phi) is 3.02. The molecular weight excluding hydrogens is 186 g/mol. The van der Waals surface area contributed by atoms with Crippen LogP contribution in [0.2, 0.25) is 0 Å². The van der Waals surface area contributed by atoms with Gasteiger partial charge in [-0.05, 0) is 31.0 Å². The first-order chi connectivity index (χ1) is 7.29. The molecule has 1 aliphatic heterocycles. The summed E-state index contributed by atoms with van der Waals surface area (Å²) in [5, 5.41) is 0. The second kappa shape index (κ2) is 4.45. The molecule has 3 nitrogen and oxygen atoms in total. The molecule has 0 saturated carbocycles. The molecule has 0 amide bonds. The SMILES string of the molecule is CC1=CCCN(c2cc(CN)ccn2)C1. The lowest BCUT2D eigenvalue weighted by atomic mass is 10.1. The number of nitrogens with zero attached hydrogens (tertiary/aromatic N) is 2. The van der Waals surface area contributed by atoms with E-state index in [2.05, 4.69) is 29.0 Å². The second-order valence-electron chi connectivity index (χ2n) is 3.99. The molecule has 2 heterocycles. The topological polar surface area (TPSA) is 42.1 Å². The van der Waals surface area contributed by atoms with Crippen molar-refractivity contribution in [3.8, 4) is 0 Å². The zero-order chi connectivity index (χ0) is 10.7. The van der Waals surface area contributed by atoms with Gasteiger partial charge in [0.1, 0.15) is 5.82 Å². The van der Waals surface area contributed by atoms with Crippen LogP contribution in [0, 0.1) is 0 Å². The molecule has 0 aromatic carbocycles. The van der Waals surface area contributed by atoms with Gasteiger partial charge < -0.3 is 10.6 Å². The molecule has 0 bridgehead atoms. The monoisotopic (exact) mass is 203 g/mol. The van der Waals surface area contributed by atoms with E-state index in [-0.39, 0.29) is 0 Å². The van der Waals surface area contributed by atoms with Gasteiger partial charge in [-0.15, -0.1) is 0 Å². The first-order valence-electron chi connectivity index (χ1n) is 5.35. The van der Waals surface area contributed by atoms with E-state index in [1.54, 1.807) is 0 Å². The Balaban J connectivity index is 2.18. The van der Waals surface area contributed by atoms with Gasteiger partial charge in [-0.3, -0.25) is 0 Å². The molecule has 0 unspecified atom stereocenters. The molecule has 0 spiro atoms. The smallest absolute Gasteiger partial charge is 0.129 e. The second-order valence-corrected chi connectivity index (χ2v) is 3.99. The molecular formula is C12H17N3. The largest absolute Gasteiger partial charge is 0.352 e. The molecule has 2 rings (SSSR count). The van der Waals surface area contributed by atoms with Crippen molar-refractivity contribution in [1.29, 1.82) is 0 Å². The number of rotatable bonds is 2. The van der Waals surface area contributed by atoms with Gasteiger partial charge in [-0.25, -0.2) is 4.98 Å². The highest BCUT2D eigenvalue weighted by atomic mass is 15.2. The molecule has 1 aromatic heterocycles. The lowest BCUT2D eigenvalue weighted by molar-refractivity contribution is 0.776. The molecule has 15 heavy (non-hydrogen) atoms. The molecule has 2 N–H and O–H groups in total. The predicted molar refractivity (Wildman–Crippen MR) is 62.7 cm³/mol. The van der Waals surface area contributed by atoms with Crippen LogP contribution in [0.3, 0.4) is 0 Å². The highest BCUT2D eigenvalue weighted by Crippen LogP contribution is 2.17. The summed E-state index contributed by atoms with van der Waals surface area (Å²) in [6.45, 7) is 4.79. The van der Waals surface area contributed by atoms with Crippen LogP contribution in [0.5, 0.6) is 0 Å². The van der Waals surface area contributed by atoms with Crippen LogP contribution in [-0.2, 0) is 6.54 Å². The summed E-state index contributed by atoms with van der Waals surface area (Å²) in [5.74, 6) is 1.05. The van der Waals surface area contributed by atoms with E-state index in [4.69, 9.17) is 5.73 Å². The zero-order valence-corrected chi connectivity index (χ0v) is 9.11. The fraction of sp³-hybridized carbons (Fsp3) is 0.417. The van der Waals surface area contributed by atoms with Crippen molar-refractivity contribution in [1.82, 2.24) is 4.98 Å². The van der Waals surface area contributed by atoms with Crippen molar-refractivity contribution in [3.63, 3.8) is 0 Å². The van der Waals surface area contributed by atoms with E-state index in [0.717, 1.165) is 30.9 Å². The van der Waals surface area contributed by atoms with E-state index in [1.165, 1.54) is 5.57 Å². The Morgan fingerprint density at radius 3 is 3.13 bits per heavy atom. The van der Waals surface area contributed by atoms with Crippen molar-refractivity contribution in [3.05, 3.63) is 35.5 Å². The number of nitrogens with two attached hydrogens (primary N) is 1. The van der Waals surface area contributed by atoms with Crippen LogP contribution < -0.4 is 10.6 Å². The molecule has 0 atom stereocenters. The standard InChI is InChI=1S/C12H17N3/c1-10-3-2-6-15(9-10)12-7-11(8-13)4-5-14-12/h3-5,7H,2,6,8-9,13H2,1H3. The van der Waals surface area contributed by atoms with Crippen molar-refractivity contribution in [2.45, 2.75) is 19.9 Å². The predicted octanol–water partition coefficient (Wildman–Crippen LogP) is 1.70. The minimum Gasteiger partial charge on any atom is -0.352 e. The molecule has 1 aromatic rings. The first kappa shape index (κ1) is 10.2. The average molecular weight is 203 g/mol. The van der Waals surface area contributed by atoms with Crippen LogP contribution in [0.1, 0.15) is 18.9 Å². The Bertz CT molecular complexity index is 371. The molecule has 0 fully saturated rings. The van der Waals surface area contributed by atoms with Crippen LogP contribution in [0.4, 0.5) is 5.82 Å². The number of hydrogen-bond acceptors (Lipinski definition) is 3. The van der Waals surface area contributed by atoms with E-state index < -0.39 is 0 Å². The maximum absolute atomic E-state index is 5.62. The molecule has 0 aliphatic carbocycles. The summed E-state index contributed by atoms with van der Waals surface area (Å²) in [7, 11) is 0. The highest BCUT2D eigenvalue weighted by molar-refractivity contribution is 5.43. The van der Waals surface area contributed by atoms with Crippen molar-refractivity contribution >= 4 is 5.82 Å². The maximum Gasteiger partial charge on any atom is 0.129 e. The minimum atomic E-state index is 0.582. The number of anilines is 1. The van der Waals surface area contributed by atoms with Crippen molar-refractivity contribution < 1.29 is 0 Å². The summed E-state index contributed by atoms with van der Waals surface area (Å²) >= 11 is 0. The molecule has 1 aliphatic rings. The fourth-order valence-electron chi connectivity index (χ4n) is 1.87. The summed E-state index contributed by atoms with van der Waals surface area (Å²) in [4.78, 5) is 6.69. The Labute approximate surface area is 90.6 Å². The minimum absolute atomic E-state index is 0.582. The van der Waals surface area contributed by atoms with E-state index in [9.17, 15) is 0 Å².